The maximum Gasteiger partial charge on any atom is 0.251 e. The van der Waals surface area contributed by atoms with Crippen LogP contribution in [0.25, 0.3) is 16.8 Å². The van der Waals surface area contributed by atoms with Gasteiger partial charge in [0, 0.05) is 24.6 Å². The molecule has 4 rings (SSSR count). The number of rotatable bonds is 8. The van der Waals surface area contributed by atoms with Gasteiger partial charge in [0.25, 0.3) is 5.91 Å². The van der Waals surface area contributed by atoms with Gasteiger partial charge in [-0.05, 0) is 67.4 Å². The van der Waals surface area contributed by atoms with E-state index in [1.54, 1.807) is 29.3 Å². The minimum Gasteiger partial charge on any atom is -0.371 e. The summed E-state index contributed by atoms with van der Waals surface area (Å²) in [5.41, 5.74) is 4.84. The van der Waals surface area contributed by atoms with Crippen molar-refractivity contribution in [2.24, 2.45) is 0 Å². The number of aromatic nitrogens is 6. The van der Waals surface area contributed by atoms with Crippen molar-refractivity contribution in [3.8, 4) is 16.8 Å². The molecule has 0 saturated carbocycles. The largest absolute Gasteiger partial charge is 0.371 e. The third-order valence-corrected chi connectivity index (χ3v) is 5.46. The second-order valence-electron chi connectivity index (χ2n) is 8.01. The van der Waals surface area contributed by atoms with Crippen LogP contribution in [0.1, 0.15) is 60.4 Å². The van der Waals surface area contributed by atoms with Crippen LogP contribution in [-0.4, -0.2) is 42.7 Å². The molecule has 0 radical (unpaired) electrons. The standard InChI is InChI=1S/C25H27N7O2/c1-5-34-18(4)24-29-30-31-32(24)22-13-20(19-8-6-16(2)7-9-19)12-21(14-22)25(33)28-17(3)23-15-26-10-11-27-23/h6-15,17-18H,5H2,1-4H3,(H,28,33). The molecule has 2 unspecified atom stereocenters. The lowest BCUT2D eigenvalue weighted by molar-refractivity contribution is 0.0684. The third kappa shape index (κ3) is 5.15. The first-order chi connectivity index (χ1) is 16.5. The summed E-state index contributed by atoms with van der Waals surface area (Å²) in [6, 6.07) is 13.4. The fourth-order valence-corrected chi connectivity index (χ4v) is 3.62. The molecule has 0 spiro atoms. The molecule has 34 heavy (non-hydrogen) atoms. The molecule has 1 N–H and O–H groups in total. The van der Waals surface area contributed by atoms with Gasteiger partial charge in [0.1, 0.15) is 6.10 Å². The van der Waals surface area contributed by atoms with Gasteiger partial charge in [-0.15, -0.1) is 5.10 Å². The molecular weight excluding hydrogens is 430 g/mol. The van der Waals surface area contributed by atoms with Crippen LogP contribution in [-0.2, 0) is 4.74 Å². The molecule has 4 aromatic rings. The molecule has 0 fully saturated rings. The minimum atomic E-state index is -0.311. The Hall–Kier alpha value is -3.98. The number of aryl methyl sites for hydroxylation is 1. The average molecular weight is 458 g/mol. The van der Waals surface area contributed by atoms with Crippen LogP contribution < -0.4 is 5.32 Å². The van der Waals surface area contributed by atoms with Crippen LogP contribution in [0.2, 0.25) is 0 Å². The zero-order valence-electron chi connectivity index (χ0n) is 19.6. The normalized spacial score (nSPS) is 12.8. The van der Waals surface area contributed by atoms with E-state index in [0.717, 1.165) is 16.7 Å². The number of hydrogen-bond donors (Lipinski definition) is 1. The summed E-state index contributed by atoms with van der Waals surface area (Å²) in [6.45, 7) is 8.26. The van der Waals surface area contributed by atoms with Gasteiger partial charge < -0.3 is 10.1 Å². The van der Waals surface area contributed by atoms with Gasteiger partial charge in [-0.3, -0.25) is 14.8 Å². The van der Waals surface area contributed by atoms with E-state index in [-0.39, 0.29) is 18.1 Å². The highest BCUT2D eigenvalue weighted by molar-refractivity contribution is 5.96. The molecule has 9 nitrogen and oxygen atoms in total. The quantitative estimate of drug-likeness (QED) is 0.426. The highest BCUT2D eigenvalue weighted by atomic mass is 16.5. The highest BCUT2D eigenvalue weighted by Gasteiger charge is 2.19. The Morgan fingerprint density at radius 3 is 2.59 bits per heavy atom. The van der Waals surface area contributed by atoms with E-state index in [1.165, 1.54) is 0 Å². The topological polar surface area (TPSA) is 108 Å². The number of carbonyl (C=O) groups is 1. The summed E-state index contributed by atoms with van der Waals surface area (Å²) in [7, 11) is 0. The van der Waals surface area contributed by atoms with Crippen molar-refractivity contribution in [1.29, 1.82) is 0 Å². The number of ether oxygens (including phenoxy) is 1. The molecular formula is C25H27N7O2. The van der Waals surface area contributed by atoms with Gasteiger partial charge in [0.15, 0.2) is 5.82 Å². The number of amides is 1. The van der Waals surface area contributed by atoms with E-state index in [2.05, 4.69) is 30.8 Å². The zero-order valence-corrected chi connectivity index (χ0v) is 19.6. The van der Waals surface area contributed by atoms with Crippen molar-refractivity contribution < 1.29 is 9.53 Å². The summed E-state index contributed by atoms with van der Waals surface area (Å²) >= 11 is 0. The molecule has 9 heteroatoms. The molecule has 0 aliphatic heterocycles. The number of nitrogens with one attached hydrogen (secondary N) is 1. The Bertz CT molecular complexity index is 1260. The average Bonchev–Trinajstić information content (AvgIpc) is 3.35. The fraction of sp³-hybridized carbons (Fsp3) is 0.280. The monoisotopic (exact) mass is 457 g/mol. The van der Waals surface area contributed by atoms with Crippen LogP contribution in [0.5, 0.6) is 0 Å². The van der Waals surface area contributed by atoms with Crippen LogP contribution in [0, 0.1) is 6.92 Å². The minimum absolute atomic E-state index is 0.235. The third-order valence-electron chi connectivity index (χ3n) is 5.46. The lowest BCUT2D eigenvalue weighted by Gasteiger charge is -2.16. The molecule has 0 saturated heterocycles. The number of benzene rings is 2. The van der Waals surface area contributed by atoms with Crippen molar-refractivity contribution in [2.45, 2.75) is 39.8 Å². The summed E-state index contributed by atoms with van der Waals surface area (Å²) in [5, 5.41) is 15.2. The van der Waals surface area contributed by atoms with Gasteiger partial charge >= 0.3 is 0 Å². The van der Waals surface area contributed by atoms with Gasteiger partial charge in [-0.25, -0.2) is 0 Å². The predicted octanol–water partition coefficient (Wildman–Crippen LogP) is 4.02. The molecule has 2 aromatic carbocycles. The summed E-state index contributed by atoms with van der Waals surface area (Å²) in [6.07, 6.45) is 4.54. The van der Waals surface area contributed by atoms with E-state index in [9.17, 15) is 4.79 Å². The molecule has 174 valence electrons. The number of nitrogens with zero attached hydrogens (tertiary/aromatic N) is 6. The SMILES string of the molecule is CCOC(C)c1nnnn1-c1cc(C(=O)NC(C)c2cnccn2)cc(-c2ccc(C)cc2)c1. The number of carbonyl (C=O) groups excluding carboxylic acids is 1. The Labute approximate surface area is 198 Å². The van der Waals surface area contributed by atoms with Crippen molar-refractivity contribution in [2.75, 3.05) is 6.61 Å². The molecule has 0 bridgehead atoms. The molecule has 0 aliphatic rings. The van der Waals surface area contributed by atoms with Crippen LogP contribution >= 0.6 is 0 Å². The van der Waals surface area contributed by atoms with Crippen molar-refractivity contribution in [3.05, 3.63) is 83.7 Å². The van der Waals surface area contributed by atoms with Crippen molar-refractivity contribution in [1.82, 2.24) is 35.5 Å². The summed E-state index contributed by atoms with van der Waals surface area (Å²) in [4.78, 5) is 21.6. The second-order valence-corrected chi connectivity index (χ2v) is 8.01. The van der Waals surface area contributed by atoms with E-state index < -0.39 is 0 Å². The lowest BCUT2D eigenvalue weighted by Crippen LogP contribution is -2.27. The van der Waals surface area contributed by atoms with Gasteiger partial charge in [-0.1, -0.05) is 29.8 Å². The Balaban J connectivity index is 1.75. The van der Waals surface area contributed by atoms with E-state index >= 15 is 0 Å². The van der Waals surface area contributed by atoms with Crippen LogP contribution in [0.4, 0.5) is 0 Å². The maximum atomic E-state index is 13.3. The Morgan fingerprint density at radius 1 is 1.09 bits per heavy atom. The molecule has 0 aliphatic carbocycles. The predicted molar refractivity (Wildman–Crippen MR) is 127 cm³/mol. The first kappa shape index (κ1) is 23.2. The van der Waals surface area contributed by atoms with Gasteiger partial charge in [-0.2, -0.15) is 4.68 Å². The second kappa shape index (κ2) is 10.3. The highest BCUT2D eigenvalue weighted by Crippen LogP contribution is 2.27. The molecule has 2 heterocycles. The van der Waals surface area contributed by atoms with Crippen LogP contribution in [0.15, 0.2) is 61.1 Å². The van der Waals surface area contributed by atoms with E-state index in [1.807, 2.05) is 64.1 Å². The van der Waals surface area contributed by atoms with Crippen LogP contribution in [0.3, 0.4) is 0 Å². The Kier molecular flexibility index (Phi) is 7.03. The zero-order chi connectivity index (χ0) is 24.1. The summed E-state index contributed by atoms with van der Waals surface area (Å²) < 4.78 is 7.31. The van der Waals surface area contributed by atoms with E-state index in [0.29, 0.717) is 29.4 Å². The number of tetrazole rings is 1. The van der Waals surface area contributed by atoms with E-state index in [4.69, 9.17) is 4.74 Å². The maximum absolute atomic E-state index is 13.3. The first-order valence-electron chi connectivity index (χ1n) is 11.2. The van der Waals surface area contributed by atoms with Crippen molar-refractivity contribution in [3.63, 3.8) is 0 Å². The smallest absolute Gasteiger partial charge is 0.251 e. The molecule has 2 aromatic heterocycles. The summed E-state index contributed by atoms with van der Waals surface area (Å²) in [5.74, 6) is 0.322. The van der Waals surface area contributed by atoms with Crippen molar-refractivity contribution >= 4 is 5.91 Å². The molecule has 1 amide bonds. The number of hydrogen-bond acceptors (Lipinski definition) is 7. The fourth-order valence-electron chi connectivity index (χ4n) is 3.62. The Morgan fingerprint density at radius 2 is 1.88 bits per heavy atom. The van der Waals surface area contributed by atoms with Gasteiger partial charge in [0.05, 0.1) is 23.6 Å². The first-order valence-corrected chi connectivity index (χ1v) is 11.2. The molecule has 2 atom stereocenters. The van der Waals surface area contributed by atoms with Gasteiger partial charge in [0.2, 0.25) is 0 Å². The lowest BCUT2D eigenvalue weighted by atomic mass is 10.0.